The maximum Gasteiger partial charge on any atom is 0.265 e. The molecular weight excluding hydrogens is 405 g/mol. The lowest BCUT2D eigenvalue weighted by atomic mass is 9.86. The van der Waals surface area contributed by atoms with Crippen LogP contribution in [0.25, 0.3) is 0 Å². The Morgan fingerprint density at radius 3 is 2.56 bits per heavy atom. The fourth-order valence-electron chi connectivity index (χ4n) is 2.24. The minimum absolute atomic E-state index is 0.0183. The van der Waals surface area contributed by atoms with Gasteiger partial charge in [-0.1, -0.05) is 30.1 Å². The van der Waals surface area contributed by atoms with Gasteiger partial charge in [-0.3, -0.25) is 9.52 Å². The smallest absolute Gasteiger partial charge is 0.265 e. The topological polar surface area (TPSA) is 102 Å². The number of thiazole rings is 1. The minimum atomic E-state index is -3.96. The van der Waals surface area contributed by atoms with Gasteiger partial charge in [0.05, 0.1) is 10.4 Å². The highest BCUT2D eigenvalue weighted by molar-refractivity contribution is 7.93. The SMILES string of the molecule is CCC(C)(C(N)=O)c1cnc(NS(=O)(=O)c2c(C)cc(Cl)cc2Cl)s1. The van der Waals surface area contributed by atoms with Gasteiger partial charge in [0.25, 0.3) is 10.0 Å². The number of carbonyl (C=O) groups is 1. The van der Waals surface area contributed by atoms with E-state index in [1.54, 1.807) is 13.8 Å². The Bertz CT molecular complexity index is 905. The van der Waals surface area contributed by atoms with Crippen LogP contribution in [0.2, 0.25) is 10.0 Å². The number of rotatable bonds is 6. The van der Waals surface area contributed by atoms with Crippen LogP contribution in [0, 0.1) is 6.92 Å². The second-order valence-corrected chi connectivity index (χ2v) is 9.21. The molecule has 0 saturated carbocycles. The van der Waals surface area contributed by atoms with Crippen LogP contribution >= 0.6 is 34.5 Å². The summed E-state index contributed by atoms with van der Waals surface area (Å²) in [7, 11) is -3.96. The Morgan fingerprint density at radius 1 is 1.40 bits per heavy atom. The van der Waals surface area contributed by atoms with E-state index in [1.165, 1.54) is 18.3 Å². The van der Waals surface area contributed by atoms with E-state index >= 15 is 0 Å². The van der Waals surface area contributed by atoms with Crippen molar-refractivity contribution in [2.75, 3.05) is 4.72 Å². The first-order valence-electron chi connectivity index (χ1n) is 7.26. The van der Waals surface area contributed by atoms with E-state index in [1.807, 2.05) is 6.92 Å². The molecular formula is C15H17Cl2N3O3S2. The molecule has 0 bridgehead atoms. The van der Waals surface area contributed by atoms with Crippen molar-refractivity contribution in [3.8, 4) is 0 Å². The summed E-state index contributed by atoms with van der Waals surface area (Å²) in [4.78, 5) is 16.3. The molecule has 2 aromatic rings. The Labute approximate surface area is 160 Å². The van der Waals surface area contributed by atoms with Crippen molar-refractivity contribution >= 4 is 55.6 Å². The number of aromatic nitrogens is 1. The molecule has 3 N–H and O–H groups in total. The van der Waals surface area contributed by atoms with Crippen LogP contribution in [0.4, 0.5) is 5.13 Å². The highest BCUT2D eigenvalue weighted by Gasteiger charge is 2.34. The second kappa shape index (κ2) is 7.11. The first-order valence-corrected chi connectivity index (χ1v) is 10.3. The molecule has 0 fully saturated rings. The van der Waals surface area contributed by atoms with E-state index in [4.69, 9.17) is 28.9 Å². The lowest BCUT2D eigenvalue weighted by molar-refractivity contribution is -0.123. The van der Waals surface area contributed by atoms with Crippen LogP contribution < -0.4 is 10.5 Å². The number of halogens is 2. The maximum atomic E-state index is 12.7. The van der Waals surface area contributed by atoms with E-state index in [2.05, 4.69) is 9.71 Å². The average Bonchev–Trinajstić information content (AvgIpc) is 2.92. The molecule has 0 aliphatic carbocycles. The van der Waals surface area contributed by atoms with E-state index < -0.39 is 21.3 Å². The zero-order chi connectivity index (χ0) is 19.0. The van der Waals surface area contributed by atoms with Gasteiger partial charge in [-0.05, 0) is 38.0 Å². The van der Waals surface area contributed by atoms with Crippen molar-refractivity contribution in [3.63, 3.8) is 0 Å². The number of benzene rings is 1. The van der Waals surface area contributed by atoms with Gasteiger partial charge in [-0.25, -0.2) is 13.4 Å². The number of sulfonamides is 1. The third kappa shape index (κ3) is 3.92. The summed E-state index contributed by atoms with van der Waals surface area (Å²) in [6.07, 6.45) is 1.92. The number of nitrogens with zero attached hydrogens (tertiary/aromatic N) is 1. The van der Waals surface area contributed by atoms with Gasteiger partial charge < -0.3 is 5.73 Å². The Morgan fingerprint density at radius 2 is 2.04 bits per heavy atom. The second-order valence-electron chi connectivity index (χ2n) is 5.72. The van der Waals surface area contributed by atoms with Crippen molar-refractivity contribution in [2.45, 2.75) is 37.5 Å². The normalized spacial score (nSPS) is 14.1. The zero-order valence-electron chi connectivity index (χ0n) is 13.8. The van der Waals surface area contributed by atoms with E-state index in [0.717, 1.165) is 11.3 Å². The predicted octanol–water partition coefficient (Wildman–Crippen LogP) is 3.71. The van der Waals surface area contributed by atoms with Crippen molar-refractivity contribution in [2.24, 2.45) is 5.73 Å². The number of nitrogens with one attached hydrogen (secondary N) is 1. The van der Waals surface area contributed by atoms with Crippen molar-refractivity contribution in [3.05, 3.63) is 38.8 Å². The van der Waals surface area contributed by atoms with Crippen LogP contribution in [0.15, 0.2) is 23.2 Å². The number of hydrogen-bond acceptors (Lipinski definition) is 5. The highest BCUT2D eigenvalue weighted by atomic mass is 35.5. The number of aryl methyl sites for hydroxylation is 1. The van der Waals surface area contributed by atoms with Crippen LogP contribution in [0.3, 0.4) is 0 Å². The first kappa shape index (κ1) is 20.0. The van der Waals surface area contributed by atoms with Crippen molar-refractivity contribution in [1.29, 1.82) is 0 Å². The maximum absolute atomic E-state index is 12.7. The molecule has 0 aliphatic rings. The molecule has 1 aromatic carbocycles. The van der Waals surface area contributed by atoms with E-state index in [-0.39, 0.29) is 15.0 Å². The van der Waals surface area contributed by atoms with Gasteiger partial charge in [0.2, 0.25) is 5.91 Å². The quantitative estimate of drug-likeness (QED) is 0.741. The summed E-state index contributed by atoms with van der Waals surface area (Å²) in [6, 6.07) is 2.87. The largest absolute Gasteiger partial charge is 0.369 e. The summed E-state index contributed by atoms with van der Waals surface area (Å²) in [5.74, 6) is -0.496. The number of carbonyl (C=O) groups excluding carboxylic acids is 1. The number of primary amides is 1. The molecule has 10 heteroatoms. The molecule has 1 aromatic heterocycles. The predicted molar refractivity (Wildman–Crippen MR) is 101 cm³/mol. The molecule has 25 heavy (non-hydrogen) atoms. The molecule has 2 rings (SSSR count). The Balaban J connectivity index is 2.40. The summed E-state index contributed by atoms with van der Waals surface area (Å²) < 4.78 is 27.7. The lowest BCUT2D eigenvalue weighted by Crippen LogP contribution is -2.37. The number of hydrogen-bond donors (Lipinski definition) is 2. The number of nitrogens with two attached hydrogens (primary N) is 1. The standard InChI is InChI=1S/C15H17Cl2N3O3S2/c1-4-15(3,13(18)21)11-7-19-14(24-11)20-25(22,23)12-8(2)5-9(16)6-10(12)17/h5-7H,4H2,1-3H3,(H2,18,21)(H,19,20). The van der Waals surface area contributed by atoms with Gasteiger partial charge in [0.15, 0.2) is 5.13 Å². The van der Waals surface area contributed by atoms with Gasteiger partial charge >= 0.3 is 0 Å². The fourth-order valence-corrected chi connectivity index (χ4v) is 5.71. The molecule has 6 nitrogen and oxygen atoms in total. The lowest BCUT2D eigenvalue weighted by Gasteiger charge is -2.21. The highest BCUT2D eigenvalue weighted by Crippen LogP contribution is 2.35. The molecule has 0 aliphatic heterocycles. The molecule has 0 saturated heterocycles. The summed E-state index contributed by atoms with van der Waals surface area (Å²) in [5, 5.41) is 0.490. The van der Waals surface area contributed by atoms with Gasteiger partial charge in [0.1, 0.15) is 4.90 Å². The summed E-state index contributed by atoms with van der Waals surface area (Å²) in [6.45, 7) is 5.12. The van der Waals surface area contributed by atoms with Gasteiger partial charge in [-0.15, -0.1) is 11.3 Å². The first-order chi connectivity index (χ1) is 11.5. The zero-order valence-corrected chi connectivity index (χ0v) is 16.9. The molecule has 1 heterocycles. The summed E-state index contributed by atoms with van der Waals surface area (Å²) >= 11 is 13.0. The number of anilines is 1. The van der Waals surface area contributed by atoms with Crippen LogP contribution in [-0.4, -0.2) is 19.3 Å². The summed E-state index contributed by atoms with van der Waals surface area (Å²) in [5.41, 5.74) is 4.97. The molecule has 136 valence electrons. The number of amides is 1. The Kier molecular flexibility index (Phi) is 5.68. The Hall–Kier alpha value is -1.35. The fraction of sp³-hybridized carbons (Fsp3) is 0.333. The molecule has 0 spiro atoms. The van der Waals surface area contributed by atoms with Crippen LogP contribution in [0.1, 0.15) is 30.7 Å². The van der Waals surface area contributed by atoms with Crippen LogP contribution in [0.5, 0.6) is 0 Å². The average molecular weight is 422 g/mol. The molecule has 1 unspecified atom stereocenters. The van der Waals surface area contributed by atoms with E-state index in [0.29, 0.717) is 21.9 Å². The van der Waals surface area contributed by atoms with Crippen molar-refractivity contribution < 1.29 is 13.2 Å². The van der Waals surface area contributed by atoms with E-state index in [9.17, 15) is 13.2 Å². The molecule has 1 atom stereocenters. The molecule has 0 radical (unpaired) electrons. The van der Waals surface area contributed by atoms with Gasteiger partial charge in [0, 0.05) is 16.1 Å². The molecule has 1 amide bonds. The minimum Gasteiger partial charge on any atom is -0.369 e. The monoisotopic (exact) mass is 421 g/mol. The van der Waals surface area contributed by atoms with Gasteiger partial charge in [-0.2, -0.15) is 0 Å². The third-order valence-corrected chi connectivity index (χ3v) is 7.46. The van der Waals surface area contributed by atoms with Crippen LogP contribution in [-0.2, 0) is 20.2 Å². The third-order valence-electron chi connectivity index (χ3n) is 3.98. The van der Waals surface area contributed by atoms with Crippen molar-refractivity contribution in [1.82, 2.24) is 4.98 Å².